The summed E-state index contributed by atoms with van der Waals surface area (Å²) < 4.78 is 0. The number of anilines is 1. The summed E-state index contributed by atoms with van der Waals surface area (Å²) >= 11 is 0. The molecule has 12 heavy (non-hydrogen) atoms. The fourth-order valence-corrected chi connectivity index (χ4v) is 1.68. The molecule has 0 amide bonds. The van der Waals surface area contributed by atoms with Gasteiger partial charge in [-0.2, -0.15) is 0 Å². The summed E-state index contributed by atoms with van der Waals surface area (Å²) in [5, 5.41) is 3.41. The fraction of sp³-hybridized carbons (Fsp3) is 0.444. The maximum Gasteiger partial charge on any atom is 0.0549 e. The number of nitrogen functional groups attached to an aromatic ring is 1. The van der Waals surface area contributed by atoms with Crippen molar-refractivity contribution in [2.75, 3.05) is 12.3 Å². The number of rotatable bonds is 1. The first kappa shape index (κ1) is 7.55. The molecule has 1 atom stereocenters. The Morgan fingerprint density at radius 1 is 1.58 bits per heavy atom. The smallest absolute Gasteiger partial charge is 0.0549 e. The average molecular weight is 163 g/mol. The summed E-state index contributed by atoms with van der Waals surface area (Å²) in [6.45, 7) is 1.10. The molecule has 2 heterocycles. The van der Waals surface area contributed by atoms with E-state index in [1.165, 1.54) is 18.4 Å². The molecule has 64 valence electrons. The molecule has 0 bridgehead atoms. The van der Waals surface area contributed by atoms with E-state index in [4.69, 9.17) is 5.73 Å². The molecule has 0 unspecified atom stereocenters. The van der Waals surface area contributed by atoms with Crippen LogP contribution in [0.4, 0.5) is 5.69 Å². The van der Waals surface area contributed by atoms with E-state index in [1.54, 1.807) is 12.4 Å². The van der Waals surface area contributed by atoms with Gasteiger partial charge in [0.1, 0.15) is 0 Å². The Balaban J connectivity index is 2.26. The van der Waals surface area contributed by atoms with E-state index in [9.17, 15) is 0 Å². The van der Waals surface area contributed by atoms with Gasteiger partial charge < -0.3 is 11.1 Å². The summed E-state index contributed by atoms with van der Waals surface area (Å²) in [4.78, 5) is 3.96. The third kappa shape index (κ3) is 1.28. The summed E-state index contributed by atoms with van der Waals surface area (Å²) in [6, 6.07) is 2.45. The summed E-state index contributed by atoms with van der Waals surface area (Å²) in [7, 11) is 0. The van der Waals surface area contributed by atoms with Crippen molar-refractivity contribution in [1.29, 1.82) is 0 Å². The second-order valence-corrected chi connectivity index (χ2v) is 3.15. The lowest BCUT2D eigenvalue weighted by Crippen LogP contribution is -2.14. The van der Waals surface area contributed by atoms with Crippen molar-refractivity contribution in [1.82, 2.24) is 10.3 Å². The van der Waals surface area contributed by atoms with Gasteiger partial charge in [0.25, 0.3) is 0 Å². The number of aromatic nitrogens is 1. The van der Waals surface area contributed by atoms with Crippen molar-refractivity contribution in [3.05, 3.63) is 24.0 Å². The van der Waals surface area contributed by atoms with Crippen LogP contribution in [0.1, 0.15) is 24.4 Å². The summed E-state index contributed by atoms with van der Waals surface area (Å²) in [6.07, 6.45) is 5.95. The molecule has 1 aromatic heterocycles. The van der Waals surface area contributed by atoms with Crippen molar-refractivity contribution in [2.24, 2.45) is 0 Å². The molecule has 0 spiro atoms. The van der Waals surface area contributed by atoms with Crippen molar-refractivity contribution in [3.8, 4) is 0 Å². The minimum Gasteiger partial charge on any atom is -0.397 e. The Bertz CT molecular complexity index is 266. The van der Waals surface area contributed by atoms with Gasteiger partial charge in [-0.05, 0) is 31.0 Å². The number of nitrogens with two attached hydrogens (primary N) is 1. The highest BCUT2D eigenvalue weighted by molar-refractivity contribution is 5.45. The maximum atomic E-state index is 5.80. The first-order valence-corrected chi connectivity index (χ1v) is 4.30. The van der Waals surface area contributed by atoms with Crippen LogP contribution in [-0.4, -0.2) is 11.5 Å². The predicted molar refractivity (Wildman–Crippen MR) is 48.6 cm³/mol. The van der Waals surface area contributed by atoms with E-state index in [-0.39, 0.29) is 0 Å². The topological polar surface area (TPSA) is 50.9 Å². The van der Waals surface area contributed by atoms with E-state index in [1.807, 2.05) is 6.07 Å². The van der Waals surface area contributed by atoms with Crippen molar-refractivity contribution < 1.29 is 0 Å². The third-order valence-electron chi connectivity index (χ3n) is 2.32. The van der Waals surface area contributed by atoms with Crippen LogP contribution >= 0.6 is 0 Å². The summed E-state index contributed by atoms with van der Waals surface area (Å²) in [5.41, 5.74) is 7.80. The zero-order valence-corrected chi connectivity index (χ0v) is 6.96. The minimum atomic E-state index is 0.452. The number of pyridine rings is 1. The molecule has 1 fully saturated rings. The molecule has 0 aliphatic carbocycles. The van der Waals surface area contributed by atoms with Crippen LogP contribution in [0.3, 0.4) is 0 Å². The lowest BCUT2D eigenvalue weighted by molar-refractivity contribution is 0.649. The molecule has 3 N–H and O–H groups in total. The van der Waals surface area contributed by atoms with E-state index in [0.29, 0.717) is 6.04 Å². The van der Waals surface area contributed by atoms with Gasteiger partial charge in [-0.15, -0.1) is 0 Å². The van der Waals surface area contributed by atoms with Gasteiger partial charge in [-0.3, -0.25) is 4.98 Å². The molecular weight excluding hydrogens is 150 g/mol. The van der Waals surface area contributed by atoms with Crippen LogP contribution < -0.4 is 11.1 Å². The predicted octanol–water partition coefficient (Wildman–Crippen LogP) is 1.09. The van der Waals surface area contributed by atoms with Gasteiger partial charge in [0, 0.05) is 12.2 Å². The maximum absolute atomic E-state index is 5.80. The number of hydrogen-bond donors (Lipinski definition) is 2. The minimum absolute atomic E-state index is 0.452. The Morgan fingerprint density at radius 2 is 2.50 bits per heavy atom. The monoisotopic (exact) mass is 163 g/mol. The van der Waals surface area contributed by atoms with Crippen LogP contribution in [0.15, 0.2) is 18.5 Å². The molecule has 3 heteroatoms. The van der Waals surface area contributed by atoms with Crippen LogP contribution in [-0.2, 0) is 0 Å². The molecule has 0 aromatic carbocycles. The number of nitrogens with one attached hydrogen (secondary N) is 1. The molecule has 1 aliphatic rings. The third-order valence-corrected chi connectivity index (χ3v) is 2.32. The first-order chi connectivity index (χ1) is 5.88. The van der Waals surface area contributed by atoms with Crippen molar-refractivity contribution in [2.45, 2.75) is 18.9 Å². The van der Waals surface area contributed by atoms with Crippen LogP contribution in [0.25, 0.3) is 0 Å². The van der Waals surface area contributed by atoms with Gasteiger partial charge in [0.15, 0.2) is 0 Å². The molecular formula is C9H13N3. The van der Waals surface area contributed by atoms with E-state index >= 15 is 0 Å². The second-order valence-electron chi connectivity index (χ2n) is 3.15. The summed E-state index contributed by atoms with van der Waals surface area (Å²) in [5.74, 6) is 0. The molecule has 1 saturated heterocycles. The van der Waals surface area contributed by atoms with Crippen LogP contribution in [0.5, 0.6) is 0 Å². The van der Waals surface area contributed by atoms with Crippen molar-refractivity contribution in [3.63, 3.8) is 0 Å². The molecule has 1 aromatic rings. The zero-order valence-electron chi connectivity index (χ0n) is 6.96. The lowest BCUT2D eigenvalue weighted by atomic mass is 10.1. The average Bonchev–Trinajstić information content (AvgIpc) is 2.57. The molecule has 3 nitrogen and oxygen atoms in total. The zero-order chi connectivity index (χ0) is 8.39. The second kappa shape index (κ2) is 3.11. The fourth-order valence-electron chi connectivity index (χ4n) is 1.68. The highest BCUT2D eigenvalue weighted by Crippen LogP contribution is 2.26. The van der Waals surface area contributed by atoms with Gasteiger partial charge in [0.05, 0.1) is 11.9 Å². The van der Waals surface area contributed by atoms with Gasteiger partial charge in [-0.25, -0.2) is 0 Å². The highest BCUT2D eigenvalue weighted by atomic mass is 14.9. The Kier molecular flexibility index (Phi) is 1.96. The van der Waals surface area contributed by atoms with Gasteiger partial charge in [0.2, 0.25) is 0 Å². The molecule has 1 aliphatic heterocycles. The van der Waals surface area contributed by atoms with Gasteiger partial charge in [-0.1, -0.05) is 0 Å². The van der Waals surface area contributed by atoms with E-state index in [2.05, 4.69) is 10.3 Å². The highest BCUT2D eigenvalue weighted by Gasteiger charge is 2.17. The molecule has 0 radical (unpaired) electrons. The standard InChI is InChI=1S/C9H13N3/c10-8-6-11-5-3-7(8)9-2-1-4-12-9/h3,5-6,9,12H,1-2,4,10H2/t9-/m0/s1. The van der Waals surface area contributed by atoms with Gasteiger partial charge >= 0.3 is 0 Å². The first-order valence-electron chi connectivity index (χ1n) is 4.30. The molecule has 0 saturated carbocycles. The Hall–Kier alpha value is -1.09. The Morgan fingerprint density at radius 3 is 3.17 bits per heavy atom. The van der Waals surface area contributed by atoms with E-state index in [0.717, 1.165) is 12.2 Å². The number of hydrogen-bond acceptors (Lipinski definition) is 3. The normalized spacial score (nSPS) is 22.8. The van der Waals surface area contributed by atoms with E-state index < -0.39 is 0 Å². The van der Waals surface area contributed by atoms with Crippen LogP contribution in [0, 0.1) is 0 Å². The largest absolute Gasteiger partial charge is 0.397 e. The van der Waals surface area contributed by atoms with Crippen LogP contribution in [0.2, 0.25) is 0 Å². The number of nitrogens with zero attached hydrogens (tertiary/aromatic N) is 1. The quantitative estimate of drug-likeness (QED) is 0.651. The SMILES string of the molecule is Nc1cnccc1[C@@H]1CCCN1. The Labute approximate surface area is 72.0 Å². The van der Waals surface area contributed by atoms with Crippen molar-refractivity contribution >= 4 is 5.69 Å². The molecule has 2 rings (SSSR count). The lowest BCUT2D eigenvalue weighted by Gasteiger charge is -2.11.